The minimum atomic E-state index is -1.22. The van der Waals surface area contributed by atoms with Gasteiger partial charge in [-0.05, 0) is 49.6 Å². The molecule has 5 rings (SSSR count). The van der Waals surface area contributed by atoms with Crippen molar-refractivity contribution < 1.29 is 33.7 Å². The zero-order valence-corrected chi connectivity index (χ0v) is 22.2. The van der Waals surface area contributed by atoms with Crippen LogP contribution in [0, 0.1) is 11.8 Å². The van der Waals surface area contributed by atoms with Gasteiger partial charge in [0.1, 0.15) is 17.4 Å². The summed E-state index contributed by atoms with van der Waals surface area (Å²) in [6.45, 7) is 5.51. The lowest BCUT2D eigenvalue weighted by Crippen LogP contribution is -2.57. The summed E-state index contributed by atoms with van der Waals surface area (Å²) in [6, 6.07) is 14.3. The van der Waals surface area contributed by atoms with E-state index in [4.69, 9.17) is 14.2 Å². The lowest BCUT2D eigenvalue weighted by molar-refractivity contribution is -0.155. The predicted molar refractivity (Wildman–Crippen MR) is 143 cm³/mol. The van der Waals surface area contributed by atoms with Crippen molar-refractivity contribution in [2.24, 2.45) is 11.8 Å². The number of fused-ring (bicyclic) bond motifs is 1. The molecule has 39 heavy (non-hydrogen) atoms. The average Bonchev–Trinajstić information content (AvgIpc) is 3.60. The van der Waals surface area contributed by atoms with Crippen molar-refractivity contribution in [3.8, 4) is 5.75 Å². The molecule has 0 unspecified atom stereocenters. The summed E-state index contributed by atoms with van der Waals surface area (Å²) in [7, 11) is 1.56. The van der Waals surface area contributed by atoms with Crippen LogP contribution in [0.5, 0.6) is 5.75 Å². The molecular formula is C30H34N2O7. The number of rotatable bonds is 10. The average molecular weight is 535 g/mol. The Morgan fingerprint density at radius 3 is 2.56 bits per heavy atom. The maximum atomic E-state index is 14.6. The highest BCUT2D eigenvalue weighted by atomic mass is 16.6. The van der Waals surface area contributed by atoms with Crippen LogP contribution in [-0.4, -0.2) is 72.4 Å². The smallest absolute Gasteiger partial charge is 0.312 e. The Morgan fingerprint density at radius 2 is 1.95 bits per heavy atom. The predicted octanol–water partition coefficient (Wildman–Crippen LogP) is 2.89. The fourth-order valence-corrected chi connectivity index (χ4v) is 6.60. The third kappa shape index (κ3) is 4.30. The quantitative estimate of drug-likeness (QED) is 0.369. The number of aliphatic hydroxyl groups is 1. The molecule has 0 aromatic heterocycles. The van der Waals surface area contributed by atoms with Crippen molar-refractivity contribution in [3.63, 3.8) is 0 Å². The van der Waals surface area contributed by atoms with Crippen LogP contribution in [0.4, 0.5) is 5.69 Å². The molecule has 6 atom stereocenters. The number of esters is 1. The van der Waals surface area contributed by atoms with Crippen LogP contribution in [0.25, 0.3) is 0 Å². The Labute approximate surface area is 227 Å². The van der Waals surface area contributed by atoms with Crippen LogP contribution >= 0.6 is 0 Å². The van der Waals surface area contributed by atoms with Crippen LogP contribution < -0.4 is 9.64 Å². The van der Waals surface area contributed by atoms with E-state index in [1.54, 1.807) is 49.3 Å². The molecule has 3 aliphatic heterocycles. The van der Waals surface area contributed by atoms with Gasteiger partial charge in [-0.1, -0.05) is 36.4 Å². The number of nitrogens with zero attached hydrogens (tertiary/aromatic N) is 2. The monoisotopic (exact) mass is 534 g/mol. The van der Waals surface area contributed by atoms with Crippen molar-refractivity contribution >= 4 is 23.5 Å². The Kier molecular flexibility index (Phi) is 7.46. The number of methoxy groups -OCH3 is 1. The van der Waals surface area contributed by atoms with E-state index in [9.17, 15) is 19.5 Å². The van der Waals surface area contributed by atoms with Crippen molar-refractivity contribution in [1.82, 2.24) is 4.90 Å². The SMILES string of the molecule is C=CCN(C(=O)[C@@H]1N([C@H](CO)c2ccccc2)C(=O)[C@H]2[C@H](C(=O)OCC)[C@@H]3CC[C@]12O3)c1ccc(OC)cc1. The van der Waals surface area contributed by atoms with Crippen molar-refractivity contribution in [3.05, 3.63) is 72.8 Å². The highest BCUT2D eigenvalue weighted by Gasteiger charge is 2.75. The molecular weight excluding hydrogens is 500 g/mol. The lowest BCUT2D eigenvalue weighted by atomic mass is 9.70. The molecule has 0 radical (unpaired) electrons. The van der Waals surface area contributed by atoms with E-state index in [1.165, 1.54) is 4.90 Å². The van der Waals surface area contributed by atoms with Crippen molar-refractivity contribution in [1.29, 1.82) is 0 Å². The number of likely N-dealkylation sites (tertiary alicyclic amines) is 1. The van der Waals surface area contributed by atoms with E-state index in [0.717, 1.165) is 0 Å². The van der Waals surface area contributed by atoms with Crippen molar-refractivity contribution in [2.45, 2.75) is 43.6 Å². The van der Waals surface area contributed by atoms with Gasteiger partial charge in [-0.3, -0.25) is 14.4 Å². The number of benzene rings is 2. The third-order valence-corrected chi connectivity index (χ3v) is 8.19. The molecule has 206 valence electrons. The van der Waals surface area contributed by atoms with Gasteiger partial charge in [0.25, 0.3) is 5.91 Å². The summed E-state index contributed by atoms with van der Waals surface area (Å²) in [5.41, 5.74) is 0.0665. The van der Waals surface area contributed by atoms with E-state index in [2.05, 4.69) is 6.58 Å². The largest absolute Gasteiger partial charge is 0.497 e. The summed E-state index contributed by atoms with van der Waals surface area (Å²) >= 11 is 0. The van der Waals surface area contributed by atoms with Gasteiger partial charge >= 0.3 is 5.97 Å². The third-order valence-electron chi connectivity index (χ3n) is 8.19. The Morgan fingerprint density at radius 1 is 1.23 bits per heavy atom. The van der Waals surface area contributed by atoms with Gasteiger partial charge in [-0.15, -0.1) is 6.58 Å². The van der Waals surface area contributed by atoms with Crippen LogP contribution in [0.3, 0.4) is 0 Å². The van der Waals surface area contributed by atoms with Gasteiger partial charge in [0.15, 0.2) is 0 Å². The molecule has 0 aliphatic carbocycles. The first-order valence-corrected chi connectivity index (χ1v) is 13.3. The molecule has 2 aromatic carbocycles. The Balaban J connectivity index is 1.63. The van der Waals surface area contributed by atoms with E-state index in [0.29, 0.717) is 29.8 Å². The standard InChI is InChI=1S/C30H34N2O7/c1-4-17-31(20-11-13-21(37-3)14-12-20)28(35)26-30-16-15-23(39-30)24(29(36)38-5-2)25(30)27(34)32(26)22(18-33)19-9-7-6-8-10-19/h4,6-14,22-26,33H,1,5,15-18H2,2-3H3/t22-,23+,24-,25-,26+,30-/m1/s1. The minimum Gasteiger partial charge on any atom is -0.497 e. The normalized spacial score (nSPS) is 27.7. The molecule has 0 saturated carbocycles. The molecule has 2 bridgehead atoms. The highest BCUT2D eigenvalue weighted by Crippen LogP contribution is 2.60. The summed E-state index contributed by atoms with van der Waals surface area (Å²) in [6.07, 6.45) is 2.08. The number of carbonyl (C=O) groups is 3. The van der Waals surface area contributed by atoms with Gasteiger partial charge < -0.3 is 29.1 Å². The fourth-order valence-electron chi connectivity index (χ4n) is 6.60. The highest BCUT2D eigenvalue weighted by molar-refractivity contribution is 6.05. The molecule has 2 aromatic rings. The zero-order chi connectivity index (χ0) is 27.7. The van der Waals surface area contributed by atoms with Crippen LogP contribution in [0.15, 0.2) is 67.3 Å². The Hall–Kier alpha value is -3.69. The van der Waals surface area contributed by atoms with Gasteiger partial charge in [0, 0.05) is 12.2 Å². The first-order chi connectivity index (χ1) is 18.9. The van der Waals surface area contributed by atoms with Gasteiger partial charge in [0.2, 0.25) is 5.91 Å². The number of aliphatic hydroxyl groups excluding tert-OH is 1. The van der Waals surface area contributed by atoms with E-state index >= 15 is 0 Å². The summed E-state index contributed by atoms with van der Waals surface area (Å²) in [5.74, 6) is -2.30. The van der Waals surface area contributed by atoms with Crippen molar-refractivity contribution in [2.75, 3.05) is 31.8 Å². The summed E-state index contributed by atoms with van der Waals surface area (Å²) < 4.78 is 17.1. The van der Waals surface area contributed by atoms with Crippen LogP contribution in [0.1, 0.15) is 31.4 Å². The second-order valence-electron chi connectivity index (χ2n) is 10.1. The maximum absolute atomic E-state index is 14.6. The molecule has 3 saturated heterocycles. The molecule has 2 amide bonds. The van der Waals surface area contributed by atoms with Crippen LogP contribution in [-0.2, 0) is 23.9 Å². The van der Waals surface area contributed by atoms with Crippen LogP contribution in [0.2, 0.25) is 0 Å². The molecule has 3 heterocycles. The molecule has 9 heteroatoms. The number of carbonyl (C=O) groups excluding carboxylic acids is 3. The zero-order valence-electron chi connectivity index (χ0n) is 22.2. The number of hydrogen-bond donors (Lipinski definition) is 1. The van der Waals surface area contributed by atoms with E-state index in [1.807, 2.05) is 30.3 Å². The number of hydrogen-bond acceptors (Lipinski definition) is 7. The topological polar surface area (TPSA) is 106 Å². The molecule has 9 nitrogen and oxygen atoms in total. The number of ether oxygens (including phenoxy) is 3. The lowest BCUT2D eigenvalue weighted by Gasteiger charge is -2.39. The molecule has 1 spiro atoms. The summed E-state index contributed by atoms with van der Waals surface area (Å²) in [4.78, 5) is 45.0. The van der Waals surface area contributed by atoms with Gasteiger partial charge in [-0.25, -0.2) is 0 Å². The minimum absolute atomic E-state index is 0.176. The second kappa shape index (κ2) is 10.8. The Bertz CT molecular complexity index is 1230. The van der Waals surface area contributed by atoms with Gasteiger partial charge in [0.05, 0.1) is 44.3 Å². The molecule has 1 N–H and O–H groups in total. The second-order valence-corrected chi connectivity index (χ2v) is 10.1. The fraction of sp³-hybridized carbons (Fsp3) is 0.433. The van der Waals surface area contributed by atoms with E-state index < -0.39 is 48.2 Å². The van der Waals surface area contributed by atoms with Gasteiger partial charge in [-0.2, -0.15) is 0 Å². The number of amides is 2. The molecule has 3 aliphatic rings. The van der Waals surface area contributed by atoms with E-state index in [-0.39, 0.29) is 25.0 Å². The summed E-state index contributed by atoms with van der Waals surface area (Å²) in [5, 5.41) is 10.6. The molecule has 3 fully saturated rings. The maximum Gasteiger partial charge on any atom is 0.312 e. The number of anilines is 1. The first-order valence-electron chi connectivity index (χ1n) is 13.3. The first kappa shape index (κ1) is 26.9.